The van der Waals surface area contributed by atoms with E-state index in [-0.39, 0.29) is 0 Å². The number of carboxylic acids is 1. The van der Waals surface area contributed by atoms with E-state index in [9.17, 15) is 22.4 Å². The molecule has 0 spiro atoms. The molecule has 0 fully saturated rings. The number of carboxylic acid groups (broad SMARTS) is 1. The zero-order valence-corrected chi connectivity index (χ0v) is 9.78. The third-order valence-corrected chi connectivity index (χ3v) is 2.35. The standard InChI is InChI=1S/C11H8F4O2S/c12-7-5(3-1-2-4-18)8(13)10(15)6(9(7)14)11(16)17/h1,3,18H,2,4H2,(H,16,17). The van der Waals surface area contributed by atoms with Gasteiger partial charge in [-0.15, -0.1) is 0 Å². The normalized spacial score (nSPS) is 11.2. The maximum Gasteiger partial charge on any atom is 0.341 e. The first-order valence-corrected chi connectivity index (χ1v) is 5.41. The number of carbonyl (C=O) groups is 1. The molecule has 7 heteroatoms. The van der Waals surface area contributed by atoms with Crippen LogP contribution in [0.15, 0.2) is 6.08 Å². The summed E-state index contributed by atoms with van der Waals surface area (Å²) in [4.78, 5) is 10.5. The first-order chi connectivity index (χ1) is 8.41. The number of benzene rings is 1. The van der Waals surface area contributed by atoms with Gasteiger partial charge in [0.15, 0.2) is 23.3 Å². The first kappa shape index (κ1) is 14.6. The Morgan fingerprint density at radius 2 is 1.61 bits per heavy atom. The van der Waals surface area contributed by atoms with Crippen LogP contribution in [0, 0.1) is 23.3 Å². The fraction of sp³-hybridized carbons (Fsp3) is 0.182. The Morgan fingerprint density at radius 1 is 1.11 bits per heavy atom. The summed E-state index contributed by atoms with van der Waals surface area (Å²) in [6, 6.07) is 0. The van der Waals surface area contributed by atoms with Gasteiger partial charge in [-0.25, -0.2) is 22.4 Å². The topological polar surface area (TPSA) is 37.3 Å². The third kappa shape index (κ3) is 2.66. The summed E-state index contributed by atoms with van der Waals surface area (Å²) in [5.74, 6) is -9.01. The van der Waals surface area contributed by atoms with Crippen molar-refractivity contribution in [1.82, 2.24) is 0 Å². The monoisotopic (exact) mass is 280 g/mol. The van der Waals surface area contributed by atoms with Crippen molar-refractivity contribution in [3.05, 3.63) is 40.5 Å². The van der Waals surface area contributed by atoms with Crippen molar-refractivity contribution >= 4 is 24.7 Å². The lowest BCUT2D eigenvalue weighted by molar-refractivity contribution is 0.0683. The number of aromatic carboxylic acids is 1. The Balaban J connectivity index is 3.44. The molecule has 0 atom stereocenters. The predicted molar refractivity (Wildman–Crippen MR) is 60.7 cm³/mol. The second-order valence-corrected chi connectivity index (χ2v) is 3.71. The van der Waals surface area contributed by atoms with Gasteiger partial charge in [-0.1, -0.05) is 12.2 Å². The van der Waals surface area contributed by atoms with E-state index in [2.05, 4.69) is 12.6 Å². The van der Waals surface area contributed by atoms with E-state index >= 15 is 0 Å². The number of halogens is 4. The predicted octanol–water partition coefficient (Wildman–Crippen LogP) is 3.27. The molecule has 1 aromatic rings. The molecule has 0 saturated heterocycles. The maximum atomic E-state index is 13.4. The molecule has 0 aliphatic rings. The molecule has 1 N–H and O–H groups in total. The van der Waals surface area contributed by atoms with Crippen LogP contribution in [0.2, 0.25) is 0 Å². The average Bonchev–Trinajstić information content (AvgIpc) is 2.31. The van der Waals surface area contributed by atoms with E-state index in [0.29, 0.717) is 12.2 Å². The van der Waals surface area contributed by atoms with Crippen LogP contribution in [0.25, 0.3) is 6.08 Å². The van der Waals surface area contributed by atoms with E-state index in [4.69, 9.17) is 5.11 Å². The van der Waals surface area contributed by atoms with Gasteiger partial charge in [0.05, 0.1) is 5.56 Å². The van der Waals surface area contributed by atoms with E-state index in [0.717, 1.165) is 6.08 Å². The maximum absolute atomic E-state index is 13.4. The highest BCUT2D eigenvalue weighted by Crippen LogP contribution is 2.25. The minimum Gasteiger partial charge on any atom is -0.477 e. The summed E-state index contributed by atoms with van der Waals surface area (Å²) >= 11 is 3.84. The van der Waals surface area contributed by atoms with Gasteiger partial charge in [-0.2, -0.15) is 12.6 Å². The second kappa shape index (κ2) is 5.90. The van der Waals surface area contributed by atoms with Crippen molar-refractivity contribution in [1.29, 1.82) is 0 Å². The smallest absolute Gasteiger partial charge is 0.341 e. The van der Waals surface area contributed by atoms with Crippen LogP contribution < -0.4 is 0 Å². The summed E-state index contributed by atoms with van der Waals surface area (Å²) in [5.41, 5.74) is -2.59. The fourth-order valence-electron chi connectivity index (χ4n) is 1.26. The van der Waals surface area contributed by atoms with Crippen molar-refractivity contribution in [2.45, 2.75) is 6.42 Å². The molecule has 0 aliphatic carbocycles. The minimum atomic E-state index is -2.08. The molecule has 0 unspecified atom stereocenters. The Hall–Kier alpha value is -1.50. The van der Waals surface area contributed by atoms with E-state index in [1.165, 1.54) is 6.08 Å². The lowest BCUT2D eigenvalue weighted by Gasteiger charge is -2.06. The van der Waals surface area contributed by atoms with Crippen LogP contribution in [-0.2, 0) is 0 Å². The molecule has 0 heterocycles. The van der Waals surface area contributed by atoms with Crippen molar-refractivity contribution in [2.75, 3.05) is 5.75 Å². The molecule has 2 nitrogen and oxygen atoms in total. The summed E-state index contributed by atoms with van der Waals surface area (Å²) in [6.45, 7) is 0. The zero-order chi connectivity index (χ0) is 13.9. The quantitative estimate of drug-likeness (QED) is 0.504. The molecule has 18 heavy (non-hydrogen) atoms. The first-order valence-electron chi connectivity index (χ1n) is 4.78. The summed E-state index contributed by atoms with van der Waals surface area (Å²) in [6.07, 6.45) is 2.46. The van der Waals surface area contributed by atoms with E-state index < -0.39 is 40.4 Å². The molecular weight excluding hydrogens is 272 g/mol. The van der Waals surface area contributed by atoms with Gasteiger partial charge in [0.1, 0.15) is 5.56 Å². The van der Waals surface area contributed by atoms with Gasteiger partial charge in [0.2, 0.25) is 0 Å². The lowest BCUT2D eigenvalue weighted by Crippen LogP contribution is -2.11. The highest BCUT2D eigenvalue weighted by Gasteiger charge is 2.27. The average molecular weight is 280 g/mol. The number of hydrogen-bond donors (Lipinski definition) is 2. The van der Waals surface area contributed by atoms with Gasteiger partial charge in [0, 0.05) is 0 Å². The fourth-order valence-corrected chi connectivity index (χ4v) is 1.41. The molecule has 0 amide bonds. The van der Waals surface area contributed by atoms with Crippen LogP contribution >= 0.6 is 12.6 Å². The van der Waals surface area contributed by atoms with Crippen molar-refractivity contribution in [3.8, 4) is 0 Å². The third-order valence-electron chi connectivity index (χ3n) is 2.09. The van der Waals surface area contributed by atoms with E-state index in [1.54, 1.807) is 0 Å². The van der Waals surface area contributed by atoms with Crippen LogP contribution in [0.3, 0.4) is 0 Å². The van der Waals surface area contributed by atoms with Gasteiger partial charge in [-0.05, 0) is 12.2 Å². The highest BCUT2D eigenvalue weighted by molar-refractivity contribution is 7.80. The molecule has 1 aromatic carbocycles. The molecular formula is C11H8F4O2S. The molecule has 0 saturated carbocycles. The Morgan fingerprint density at radius 3 is 2.00 bits per heavy atom. The van der Waals surface area contributed by atoms with E-state index in [1.807, 2.05) is 0 Å². The van der Waals surface area contributed by atoms with Gasteiger partial charge >= 0.3 is 5.97 Å². The molecule has 98 valence electrons. The van der Waals surface area contributed by atoms with Crippen LogP contribution in [0.5, 0.6) is 0 Å². The zero-order valence-electron chi connectivity index (χ0n) is 8.88. The summed E-state index contributed by atoms with van der Waals surface area (Å²) < 4.78 is 53.3. The number of allylic oxidation sites excluding steroid dienone is 1. The Bertz CT molecular complexity index is 485. The van der Waals surface area contributed by atoms with Crippen molar-refractivity contribution < 1.29 is 27.5 Å². The van der Waals surface area contributed by atoms with Crippen LogP contribution in [-0.4, -0.2) is 16.8 Å². The van der Waals surface area contributed by atoms with Gasteiger partial charge < -0.3 is 5.11 Å². The second-order valence-electron chi connectivity index (χ2n) is 3.26. The summed E-state index contributed by atoms with van der Waals surface area (Å²) in [5, 5.41) is 8.46. The number of rotatable bonds is 4. The molecule has 0 bridgehead atoms. The molecule has 0 radical (unpaired) electrons. The Labute approximate surface area is 105 Å². The number of hydrogen-bond acceptors (Lipinski definition) is 2. The largest absolute Gasteiger partial charge is 0.477 e. The van der Waals surface area contributed by atoms with Gasteiger partial charge in [0.25, 0.3) is 0 Å². The molecule has 0 aliphatic heterocycles. The SMILES string of the molecule is O=C(O)c1c(F)c(F)c(C=CCCS)c(F)c1F. The number of thiol groups is 1. The minimum absolute atomic E-state index is 0.339. The Kier molecular flexibility index (Phi) is 4.77. The lowest BCUT2D eigenvalue weighted by atomic mass is 10.1. The van der Waals surface area contributed by atoms with Crippen molar-refractivity contribution in [2.24, 2.45) is 0 Å². The summed E-state index contributed by atoms with van der Waals surface area (Å²) in [7, 11) is 0. The van der Waals surface area contributed by atoms with Gasteiger partial charge in [-0.3, -0.25) is 0 Å². The van der Waals surface area contributed by atoms with Crippen LogP contribution in [0.1, 0.15) is 22.3 Å². The van der Waals surface area contributed by atoms with Crippen LogP contribution in [0.4, 0.5) is 17.6 Å². The molecule has 0 aromatic heterocycles. The molecule has 1 rings (SSSR count). The highest BCUT2D eigenvalue weighted by atomic mass is 32.1. The van der Waals surface area contributed by atoms with Crippen molar-refractivity contribution in [3.63, 3.8) is 0 Å².